The molecule has 1 fully saturated rings. The number of rotatable bonds is 6. The van der Waals surface area contributed by atoms with Crippen LogP contribution in [0.3, 0.4) is 0 Å². The van der Waals surface area contributed by atoms with Gasteiger partial charge in [-0.3, -0.25) is 0 Å². The van der Waals surface area contributed by atoms with E-state index in [0.717, 1.165) is 12.8 Å². The van der Waals surface area contributed by atoms with E-state index >= 15 is 0 Å². The Morgan fingerprint density at radius 1 is 1.37 bits per heavy atom. The summed E-state index contributed by atoms with van der Waals surface area (Å²) in [6.45, 7) is 1.74. The van der Waals surface area contributed by atoms with Gasteiger partial charge < -0.3 is 24.5 Å². The lowest BCUT2D eigenvalue weighted by Gasteiger charge is -2.32. The van der Waals surface area contributed by atoms with E-state index in [1.54, 1.807) is 14.2 Å². The molecule has 0 aliphatic carbocycles. The highest BCUT2D eigenvalue weighted by molar-refractivity contribution is 5.03. The van der Waals surface area contributed by atoms with Crippen LogP contribution in [-0.2, 0) is 26.2 Å². The summed E-state index contributed by atoms with van der Waals surface area (Å²) in [6.07, 6.45) is 1.95. The summed E-state index contributed by atoms with van der Waals surface area (Å²) in [4.78, 5) is 4.41. The van der Waals surface area contributed by atoms with E-state index < -0.39 is 5.60 Å². The first-order valence-corrected chi connectivity index (χ1v) is 6.40. The Morgan fingerprint density at radius 3 is 2.74 bits per heavy atom. The van der Waals surface area contributed by atoms with Gasteiger partial charge in [0, 0.05) is 52.7 Å². The van der Waals surface area contributed by atoms with Crippen LogP contribution in [-0.4, -0.2) is 50.2 Å². The molecule has 7 heteroatoms. The molecule has 1 aliphatic rings. The Labute approximate surface area is 112 Å². The van der Waals surface area contributed by atoms with Crippen LogP contribution in [0.25, 0.3) is 0 Å². The molecular formula is C12H21N3O4. The SMILES string of the molecule is COCC(N)Cc1nc(C2(OC)CCOCC2)no1. The van der Waals surface area contributed by atoms with Gasteiger partial charge >= 0.3 is 0 Å². The third-order valence-corrected chi connectivity index (χ3v) is 3.38. The van der Waals surface area contributed by atoms with E-state index in [4.69, 9.17) is 24.5 Å². The number of nitrogens with zero attached hydrogens (tertiary/aromatic N) is 2. The van der Waals surface area contributed by atoms with Crippen LogP contribution in [0.1, 0.15) is 24.6 Å². The average Bonchev–Trinajstić information content (AvgIpc) is 2.89. The molecule has 1 aromatic heterocycles. The second-order valence-electron chi connectivity index (χ2n) is 4.74. The maximum atomic E-state index is 5.87. The minimum atomic E-state index is -0.495. The number of ether oxygens (including phenoxy) is 3. The van der Waals surface area contributed by atoms with E-state index in [2.05, 4.69) is 10.1 Å². The molecule has 19 heavy (non-hydrogen) atoms. The van der Waals surface area contributed by atoms with Crippen molar-refractivity contribution in [3.05, 3.63) is 11.7 Å². The lowest BCUT2D eigenvalue weighted by molar-refractivity contribution is -0.101. The van der Waals surface area contributed by atoms with Crippen molar-refractivity contribution in [1.82, 2.24) is 10.1 Å². The van der Waals surface area contributed by atoms with E-state index in [1.165, 1.54) is 0 Å². The Kier molecular flexibility index (Phi) is 4.87. The predicted molar refractivity (Wildman–Crippen MR) is 66.6 cm³/mol. The van der Waals surface area contributed by atoms with E-state index in [1.807, 2.05) is 0 Å². The van der Waals surface area contributed by atoms with Crippen LogP contribution in [0, 0.1) is 0 Å². The van der Waals surface area contributed by atoms with Gasteiger partial charge in [-0.25, -0.2) is 0 Å². The highest BCUT2D eigenvalue weighted by Crippen LogP contribution is 2.33. The summed E-state index contributed by atoms with van der Waals surface area (Å²) >= 11 is 0. The Bertz CT molecular complexity index is 390. The maximum absolute atomic E-state index is 5.87. The van der Waals surface area contributed by atoms with E-state index in [-0.39, 0.29) is 6.04 Å². The maximum Gasteiger partial charge on any atom is 0.228 e. The molecule has 0 spiro atoms. The molecule has 7 nitrogen and oxygen atoms in total. The second-order valence-corrected chi connectivity index (χ2v) is 4.74. The summed E-state index contributed by atoms with van der Waals surface area (Å²) in [6, 6.07) is -0.147. The van der Waals surface area contributed by atoms with Gasteiger partial charge in [0.2, 0.25) is 11.7 Å². The Balaban J connectivity index is 2.06. The van der Waals surface area contributed by atoms with Crippen LogP contribution >= 0.6 is 0 Å². The number of hydrogen-bond acceptors (Lipinski definition) is 7. The molecule has 2 heterocycles. The molecular weight excluding hydrogens is 250 g/mol. The van der Waals surface area contributed by atoms with Crippen LogP contribution in [0.4, 0.5) is 0 Å². The van der Waals surface area contributed by atoms with Gasteiger partial charge in [-0.1, -0.05) is 5.16 Å². The first kappa shape index (κ1) is 14.4. The van der Waals surface area contributed by atoms with Crippen molar-refractivity contribution in [3.63, 3.8) is 0 Å². The van der Waals surface area contributed by atoms with Gasteiger partial charge in [-0.2, -0.15) is 4.98 Å². The molecule has 0 radical (unpaired) electrons. The molecule has 108 valence electrons. The normalized spacial score (nSPS) is 20.4. The van der Waals surface area contributed by atoms with Crippen LogP contribution in [0.15, 0.2) is 4.52 Å². The Morgan fingerprint density at radius 2 is 2.11 bits per heavy atom. The van der Waals surface area contributed by atoms with E-state index in [0.29, 0.717) is 38.0 Å². The average molecular weight is 271 g/mol. The fraction of sp³-hybridized carbons (Fsp3) is 0.833. The fourth-order valence-electron chi connectivity index (χ4n) is 2.24. The topological polar surface area (TPSA) is 92.6 Å². The van der Waals surface area contributed by atoms with Gasteiger partial charge in [0.25, 0.3) is 0 Å². The minimum absolute atomic E-state index is 0.147. The molecule has 1 aliphatic heterocycles. The van der Waals surface area contributed by atoms with Gasteiger partial charge in [0.15, 0.2) is 0 Å². The first-order chi connectivity index (χ1) is 9.20. The quantitative estimate of drug-likeness (QED) is 0.792. The number of nitrogens with two attached hydrogens (primary N) is 1. The van der Waals surface area contributed by atoms with Crippen molar-refractivity contribution < 1.29 is 18.7 Å². The van der Waals surface area contributed by atoms with Crippen LogP contribution < -0.4 is 5.73 Å². The van der Waals surface area contributed by atoms with Gasteiger partial charge in [0.1, 0.15) is 5.60 Å². The Hall–Kier alpha value is -1.02. The molecule has 1 saturated heterocycles. The van der Waals surface area contributed by atoms with Crippen molar-refractivity contribution in [2.75, 3.05) is 34.0 Å². The second kappa shape index (κ2) is 6.42. The molecule has 1 aromatic rings. The van der Waals surface area contributed by atoms with Crippen LogP contribution in [0.2, 0.25) is 0 Å². The number of aromatic nitrogens is 2. The van der Waals surface area contributed by atoms with Gasteiger partial charge in [-0.15, -0.1) is 0 Å². The summed E-state index contributed by atoms with van der Waals surface area (Å²) in [5, 5.41) is 4.03. The zero-order valence-electron chi connectivity index (χ0n) is 11.4. The molecule has 0 saturated carbocycles. The zero-order chi connectivity index (χ0) is 13.7. The third kappa shape index (κ3) is 3.30. The lowest BCUT2D eigenvalue weighted by Crippen LogP contribution is -2.36. The van der Waals surface area contributed by atoms with E-state index in [9.17, 15) is 0 Å². The van der Waals surface area contributed by atoms with Crippen molar-refractivity contribution in [1.29, 1.82) is 0 Å². The monoisotopic (exact) mass is 271 g/mol. The zero-order valence-corrected chi connectivity index (χ0v) is 11.4. The standard InChI is InChI=1S/C12H21N3O4/c1-16-8-9(13)7-10-14-11(15-19-10)12(17-2)3-5-18-6-4-12/h9H,3-8,13H2,1-2H3. The summed E-state index contributed by atoms with van der Waals surface area (Å²) in [5.74, 6) is 1.10. The van der Waals surface area contributed by atoms with Gasteiger partial charge in [-0.05, 0) is 0 Å². The summed E-state index contributed by atoms with van der Waals surface area (Å²) < 4.78 is 21.2. The predicted octanol–water partition coefficient (Wildman–Crippen LogP) is 0.238. The smallest absolute Gasteiger partial charge is 0.228 e. The van der Waals surface area contributed by atoms with Crippen molar-refractivity contribution in [2.24, 2.45) is 5.73 Å². The fourth-order valence-corrected chi connectivity index (χ4v) is 2.24. The molecule has 2 rings (SSSR count). The molecule has 0 aromatic carbocycles. The molecule has 1 unspecified atom stereocenters. The largest absolute Gasteiger partial charge is 0.383 e. The van der Waals surface area contributed by atoms with Gasteiger partial charge in [0.05, 0.1) is 6.61 Å². The lowest BCUT2D eigenvalue weighted by atomic mass is 9.93. The minimum Gasteiger partial charge on any atom is -0.383 e. The highest BCUT2D eigenvalue weighted by atomic mass is 16.5. The van der Waals surface area contributed by atoms with Crippen molar-refractivity contribution in [2.45, 2.75) is 30.9 Å². The molecule has 2 N–H and O–H groups in total. The third-order valence-electron chi connectivity index (χ3n) is 3.38. The summed E-state index contributed by atoms with van der Waals surface area (Å²) in [7, 11) is 3.28. The first-order valence-electron chi connectivity index (χ1n) is 6.40. The summed E-state index contributed by atoms with van der Waals surface area (Å²) in [5.41, 5.74) is 5.37. The number of methoxy groups -OCH3 is 2. The van der Waals surface area contributed by atoms with Crippen LogP contribution in [0.5, 0.6) is 0 Å². The molecule has 0 amide bonds. The molecule has 1 atom stereocenters. The number of hydrogen-bond donors (Lipinski definition) is 1. The highest BCUT2D eigenvalue weighted by Gasteiger charge is 2.39. The van der Waals surface area contributed by atoms with Crippen molar-refractivity contribution in [3.8, 4) is 0 Å². The van der Waals surface area contributed by atoms with Crippen molar-refractivity contribution >= 4 is 0 Å². The molecule has 0 bridgehead atoms.